The molecule has 0 spiro atoms. The van der Waals surface area contributed by atoms with Crippen LogP contribution in [0.4, 0.5) is 0 Å². The Morgan fingerprint density at radius 3 is 2.80 bits per heavy atom. The van der Waals surface area contributed by atoms with Crippen LogP contribution < -0.4 is 0 Å². The van der Waals surface area contributed by atoms with E-state index in [1.54, 1.807) is 11.3 Å². The topological polar surface area (TPSA) is 9.23 Å². The molecule has 0 bridgehead atoms. The molecule has 0 amide bonds. The van der Waals surface area contributed by atoms with E-state index in [1.807, 2.05) is 0 Å². The Bertz CT molecular complexity index is 333. The third-order valence-electron chi connectivity index (χ3n) is 2.59. The van der Waals surface area contributed by atoms with Crippen molar-refractivity contribution in [1.82, 2.24) is 0 Å². The normalized spacial score (nSPS) is 24.1. The molecule has 1 saturated heterocycles. The van der Waals surface area contributed by atoms with E-state index in [-0.39, 0.29) is 0 Å². The van der Waals surface area contributed by atoms with Crippen molar-refractivity contribution in [2.24, 2.45) is 5.92 Å². The van der Waals surface area contributed by atoms with Gasteiger partial charge >= 0.3 is 0 Å². The fourth-order valence-corrected chi connectivity index (χ4v) is 5.96. The van der Waals surface area contributed by atoms with Gasteiger partial charge in [-0.2, -0.15) is 0 Å². The monoisotopic (exact) mass is 416 g/mol. The average Bonchev–Trinajstić information content (AvgIpc) is 2.58. The summed E-state index contributed by atoms with van der Waals surface area (Å²) in [6.45, 7) is 1.79. The Morgan fingerprint density at radius 2 is 2.27 bits per heavy atom. The third kappa shape index (κ3) is 3.06. The zero-order chi connectivity index (χ0) is 10.8. The van der Waals surface area contributed by atoms with Crippen LogP contribution in [0.5, 0.6) is 0 Å². The Hall–Kier alpha value is 1.10. The predicted octanol–water partition coefficient (Wildman–Crippen LogP) is 5.14. The highest BCUT2D eigenvalue weighted by atomic mass is 79.9. The van der Waals surface area contributed by atoms with Crippen molar-refractivity contribution in [3.63, 3.8) is 0 Å². The van der Waals surface area contributed by atoms with Gasteiger partial charge in [0.25, 0.3) is 0 Å². The number of ether oxygens (including phenoxy) is 1. The molecule has 1 fully saturated rings. The highest BCUT2D eigenvalue weighted by Crippen LogP contribution is 2.43. The predicted molar refractivity (Wildman–Crippen MR) is 74.9 cm³/mol. The van der Waals surface area contributed by atoms with Crippen molar-refractivity contribution in [2.75, 3.05) is 13.2 Å². The largest absolute Gasteiger partial charge is 0.381 e. The van der Waals surface area contributed by atoms with Gasteiger partial charge in [0.1, 0.15) is 0 Å². The Morgan fingerprint density at radius 1 is 1.47 bits per heavy atom. The fourth-order valence-electron chi connectivity index (χ4n) is 1.79. The molecule has 1 aromatic rings. The summed E-state index contributed by atoms with van der Waals surface area (Å²) in [5.74, 6) is 0.594. The van der Waals surface area contributed by atoms with Gasteiger partial charge in [-0.15, -0.1) is 11.3 Å². The third-order valence-corrected chi connectivity index (χ3v) is 6.22. The molecule has 84 valence electrons. The molecule has 5 heteroatoms. The van der Waals surface area contributed by atoms with Crippen molar-refractivity contribution in [3.8, 4) is 0 Å². The van der Waals surface area contributed by atoms with Crippen LogP contribution in [0.15, 0.2) is 13.6 Å². The lowest BCUT2D eigenvalue weighted by atomic mass is 9.95. The SMILES string of the molecule is Brc1cc(C(Br)C2CCCOC2)c(Br)s1. The second-order valence-corrected chi connectivity index (χ2v) is 8.39. The molecule has 2 rings (SSSR count). The van der Waals surface area contributed by atoms with E-state index < -0.39 is 0 Å². The summed E-state index contributed by atoms with van der Waals surface area (Å²) in [7, 11) is 0. The van der Waals surface area contributed by atoms with Gasteiger partial charge in [0.15, 0.2) is 0 Å². The maximum atomic E-state index is 5.52. The van der Waals surface area contributed by atoms with Crippen molar-refractivity contribution in [3.05, 3.63) is 19.2 Å². The van der Waals surface area contributed by atoms with Crippen LogP contribution >= 0.6 is 59.1 Å². The first-order valence-corrected chi connectivity index (χ1v) is 8.17. The smallest absolute Gasteiger partial charge is 0.0753 e. The highest BCUT2D eigenvalue weighted by Gasteiger charge is 2.25. The molecule has 0 aromatic carbocycles. The van der Waals surface area contributed by atoms with Gasteiger partial charge in [-0.3, -0.25) is 0 Å². The lowest BCUT2D eigenvalue weighted by molar-refractivity contribution is 0.0546. The molecule has 2 atom stereocenters. The molecule has 2 unspecified atom stereocenters. The summed E-state index contributed by atoms with van der Waals surface area (Å²) < 4.78 is 7.90. The van der Waals surface area contributed by atoms with Crippen LogP contribution in [0, 0.1) is 5.92 Å². The molecule has 2 heterocycles. The van der Waals surface area contributed by atoms with Crippen LogP contribution in [0.2, 0.25) is 0 Å². The Labute approximate surface area is 119 Å². The number of halogens is 3. The number of thiophene rings is 1. The fraction of sp³-hybridized carbons (Fsp3) is 0.600. The first-order chi connectivity index (χ1) is 7.18. The van der Waals surface area contributed by atoms with Crippen molar-refractivity contribution < 1.29 is 4.74 Å². The van der Waals surface area contributed by atoms with Crippen molar-refractivity contribution >= 4 is 59.1 Å². The lowest BCUT2D eigenvalue weighted by Gasteiger charge is -2.26. The van der Waals surface area contributed by atoms with Crippen LogP contribution in [0.3, 0.4) is 0 Å². The van der Waals surface area contributed by atoms with Gasteiger partial charge in [0.05, 0.1) is 14.2 Å². The minimum Gasteiger partial charge on any atom is -0.381 e. The zero-order valence-corrected chi connectivity index (χ0v) is 13.6. The summed E-state index contributed by atoms with van der Waals surface area (Å²) in [5, 5.41) is 0. The number of hydrogen-bond acceptors (Lipinski definition) is 2. The maximum Gasteiger partial charge on any atom is 0.0753 e. The minimum atomic E-state index is 0.398. The van der Waals surface area contributed by atoms with E-state index in [9.17, 15) is 0 Å². The maximum absolute atomic E-state index is 5.52. The molecular weight excluding hydrogens is 408 g/mol. The Kier molecular flexibility index (Phi) is 4.71. The number of rotatable bonds is 2. The molecule has 1 aliphatic rings. The van der Waals surface area contributed by atoms with Gasteiger partial charge in [-0.25, -0.2) is 0 Å². The molecule has 0 N–H and O–H groups in total. The minimum absolute atomic E-state index is 0.398. The van der Waals surface area contributed by atoms with Crippen LogP contribution in [-0.4, -0.2) is 13.2 Å². The van der Waals surface area contributed by atoms with Crippen molar-refractivity contribution in [1.29, 1.82) is 0 Å². The molecule has 1 nitrogen and oxygen atoms in total. The summed E-state index contributed by atoms with van der Waals surface area (Å²) in [4.78, 5) is 0.398. The van der Waals surface area contributed by atoms with E-state index in [1.165, 1.54) is 26.0 Å². The molecular formula is C10H11Br3OS. The summed E-state index contributed by atoms with van der Waals surface area (Å²) in [5.41, 5.74) is 1.34. The van der Waals surface area contributed by atoms with E-state index >= 15 is 0 Å². The summed E-state index contributed by atoms with van der Waals surface area (Å²) in [6, 6.07) is 2.18. The second kappa shape index (κ2) is 5.63. The average molecular weight is 419 g/mol. The van der Waals surface area contributed by atoms with Crippen LogP contribution in [0.1, 0.15) is 23.2 Å². The van der Waals surface area contributed by atoms with Crippen LogP contribution in [0.25, 0.3) is 0 Å². The van der Waals surface area contributed by atoms with Gasteiger partial charge in [0.2, 0.25) is 0 Å². The second-order valence-electron chi connectivity index (χ2n) is 3.66. The van der Waals surface area contributed by atoms with Gasteiger partial charge in [-0.1, -0.05) is 15.9 Å². The summed E-state index contributed by atoms with van der Waals surface area (Å²) >= 11 is 12.6. The van der Waals surface area contributed by atoms with Gasteiger partial charge in [0, 0.05) is 11.4 Å². The Balaban J connectivity index is 2.12. The molecule has 0 saturated carbocycles. The standard InChI is InChI=1S/C10H11Br3OS/c11-8-4-7(10(13)15-8)9(12)6-2-1-3-14-5-6/h4,6,9H,1-3,5H2. The number of alkyl halides is 1. The summed E-state index contributed by atoms with van der Waals surface area (Å²) in [6.07, 6.45) is 2.42. The quantitative estimate of drug-likeness (QED) is 0.604. The first-order valence-electron chi connectivity index (χ1n) is 4.85. The lowest BCUT2D eigenvalue weighted by Crippen LogP contribution is -2.20. The number of hydrogen-bond donors (Lipinski definition) is 0. The highest BCUT2D eigenvalue weighted by molar-refractivity contribution is 9.12. The van der Waals surface area contributed by atoms with Gasteiger partial charge in [-0.05, 0) is 62.2 Å². The van der Waals surface area contributed by atoms with E-state index in [0.717, 1.165) is 13.2 Å². The molecule has 15 heavy (non-hydrogen) atoms. The molecule has 1 aliphatic heterocycles. The molecule has 0 radical (unpaired) electrons. The molecule has 0 aliphatic carbocycles. The van der Waals surface area contributed by atoms with E-state index in [4.69, 9.17) is 4.74 Å². The first kappa shape index (κ1) is 12.6. The van der Waals surface area contributed by atoms with Crippen LogP contribution in [-0.2, 0) is 4.74 Å². The zero-order valence-electron chi connectivity index (χ0n) is 8.01. The van der Waals surface area contributed by atoms with Crippen molar-refractivity contribution in [2.45, 2.75) is 17.7 Å². The van der Waals surface area contributed by atoms with Gasteiger partial charge < -0.3 is 4.74 Å². The van der Waals surface area contributed by atoms with E-state index in [2.05, 4.69) is 53.9 Å². The van der Waals surface area contributed by atoms with E-state index in [0.29, 0.717) is 10.7 Å². The molecule has 1 aromatic heterocycles.